The summed E-state index contributed by atoms with van der Waals surface area (Å²) in [5, 5.41) is 16.3. The smallest absolute Gasteiger partial charge is 0.347 e. The molecule has 262 valence electrons. The minimum Gasteiger partial charge on any atom is -0.495 e. The molecule has 2 aromatic carbocycles. The summed E-state index contributed by atoms with van der Waals surface area (Å²) in [6.07, 6.45) is -0.287. The monoisotopic (exact) mass is 704 g/mol. The lowest BCUT2D eigenvalue weighted by atomic mass is 9.90. The lowest BCUT2D eigenvalue weighted by molar-refractivity contribution is -0.180. The van der Waals surface area contributed by atoms with E-state index in [1.165, 1.54) is 19.3 Å². The van der Waals surface area contributed by atoms with Gasteiger partial charge in [0.2, 0.25) is 11.8 Å². The molecule has 0 spiro atoms. The summed E-state index contributed by atoms with van der Waals surface area (Å²) in [7, 11) is 1.49. The standard InChI is InChI=1S/C36H46Cl2N2O8/c1-21(2)17-29-34(44)47-27(22(3)32(42)31(38)24-11-8-7-9-12-24)13-10-14-30(41)40-26(19-23-15-16-28(46-6)25(37)18-23)33(43)39-20-36(4,5)35(45)48-29/h7-12,14-16,18,21-22,26-27,29,31-32,42H,13,17,19-20H2,1-6H3,(H,39,43)(H,40,41)/b14-10+/t22-,26+,27-,29-,31-,32?/m0/s1. The number of ether oxygens (including phenoxy) is 3. The minimum absolute atomic E-state index is 0.0224. The number of methoxy groups -OCH3 is 1. The number of amides is 2. The van der Waals surface area contributed by atoms with Crippen molar-refractivity contribution in [1.29, 1.82) is 0 Å². The highest BCUT2D eigenvalue weighted by molar-refractivity contribution is 6.32. The number of halogens is 2. The lowest BCUT2D eigenvalue weighted by Gasteiger charge is -2.32. The van der Waals surface area contributed by atoms with E-state index in [1.54, 1.807) is 63.2 Å². The van der Waals surface area contributed by atoms with Crippen molar-refractivity contribution < 1.29 is 38.5 Å². The maximum absolute atomic E-state index is 13.6. The van der Waals surface area contributed by atoms with Crippen molar-refractivity contribution in [2.75, 3.05) is 13.7 Å². The van der Waals surface area contributed by atoms with Crippen LogP contribution in [0.25, 0.3) is 0 Å². The molecule has 10 nitrogen and oxygen atoms in total. The number of hydrogen-bond acceptors (Lipinski definition) is 8. The third kappa shape index (κ3) is 11.0. The van der Waals surface area contributed by atoms with Crippen molar-refractivity contribution in [3.05, 3.63) is 76.8 Å². The van der Waals surface area contributed by atoms with Crippen molar-refractivity contribution in [2.24, 2.45) is 17.3 Å². The van der Waals surface area contributed by atoms with Crippen LogP contribution in [0.4, 0.5) is 0 Å². The van der Waals surface area contributed by atoms with Crippen LogP contribution >= 0.6 is 23.2 Å². The highest BCUT2D eigenvalue weighted by Gasteiger charge is 2.38. The van der Waals surface area contributed by atoms with Crippen LogP contribution in [0.3, 0.4) is 0 Å². The van der Waals surface area contributed by atoms with Crippen LogP contribution < -0.4 is 15.4 Å². The maximum Gasteiger partial charge on any atom is 0.347 e. The minimum atomic E-state index is -1.25. The van der Waals surface area contributed by atoms with E-state index in [1.807, 2.05) is 19.9 Å². The number of alkyl halides is 1. The molecule has 0 aliphatic carbocycles. The average molecular weight is 706 g/mol. The summed E-state index contributed by atoms with van der Waals surface area (Å²) in [6.45, 7) is 8.49. The maximum atomic E-state index is 13.6. The van der Waals surface area contributed by atoms with E-state index in [0.717, 1.165) is 0 Å². The van der Waals surface area contributed by atoms with Gasteiger partial charge in [0.1, 0.15) is 17.9 Å². The van der Waals surface area contributed by atoms with Gasteiger partial charge >= 0.3 is 11.9 Å². The predicted octanol–water partition coefficient (Wildman–Crippen LogP) is 5.33. The summed E-state index contributed by atoms with van der Waals surface area (Å²) < 4.78 is 16.9. The molecule has 2 aromatic rings. The molecule has 0 bridgehead atoms. The molecule has 12 heteroatoms. The van der Waals surface area contributed by atoms with Crippen molar-refractivity contribution in [3.8, 4) is 5.75 Å². The van der Waals surface area contributed by atoms with Gasteiger partial charge in [0.15, 0.2) is 6.10 Å². The number of rotatable bonds is 9. The van der Waals surface area contributed by atoms with Gasteiger partial charge in [-0.3, -0.25) is 14.4 Å². The van der Waals surface area contributed by atoms with Gasteiger partial charge in [0, 0.05) is 25.3 Å². The second-order valence-corrected chi connectivity index (χ2v) is 14.0. The fourth-order valence-electron chi connectivity index (χ4n) is 5.14. The number of carbonyl (C=O) groups excluding carboxylic acids is 4. The highest BCUT2D eigenvalue weighted by Crippen LogP contribution is 2.32. The van der Waals surface area contributed by atoms with Gasteiger partial charge in [-0.15, -0.1) is 11.6 Å². The average Bonchev–Trinajstić information content (AvgIpc) is 3.04. The number of esters is 2. The van der Waals surface area contributed by atoms with Gasteiger partial charge in [-0.25, -0.2) is 4.79 Å². The first-order chi connectivity index (χ1) is 22.6. The Morgan fingerprint density at radius 1 is 1.04 bits per heavy atom. The van der Waals surface area contributed by atoms with Crippen molar-refractivity contribution >= 4 is 47.0 Å². The van der Waals surface area contributed by atoms with E-state index < -0.39 is 64.8 Å². The molecule has 3 N–H and O–H groups in total. The number of nitrogens with one attached hydrogen (secondary N) is 2. The molecule has 0 radical (unpaired) electrons. The van der Waals surface area contributed by atoms with Crippen LogP contribution in [0.1, 0.15) is 64.0 Å². The van der Waals surface area contributed by atoms with E-state index in [0.29, 0.717) is 21.9 Å². The number of cyclic esters (lactones) is 2. The van der Waals surface area contributed by atoms with Crippen LogP contribution in [0, 0.1) is 17.3 Å². The molecule has 2 amide bonds. The Balaban J connectivity index is 1.96. The third-order valence-electron chi connectivity index (χ3n) is 8.19. The lowest BCUT2D eigenvalue weighted by Crippen LogP contribution is -2.51. The second kappa shape index (κ2) is 17.7. The topological polar surface area (TPSA) is 140 Å². The molecule has 0 fully saturated rings. The van der Waals surface area contributed by atoms with Gasteiger partial charge in [-0.1, -0.05) is 74.8 Å². The number of aliphatic hydroxyl groups excluding tert-OH is 1. The Hall–Kier alpha value is -3.60. The van der Waals surface area contributed by atoms with E-state index in [-0.39, 0.29) is 31.7 Å². The van der Waals surface area contributed by atoms with E-state index in [2.05, 4.69) is 10.6 Å². The zero-order valence-corrected chi connectivity index (χ0v) is 29.7. The predicted molar refractivity (Wildman–Crippen MR) is 184 cm³/mol. The molecule has 0 saturated heterocycles. The van der Waals surface area contributed by atoms with Crippen molar-refractivity contribution in [1.82, 2.24) is 10.6 Å². The fraction of sp³-hybridized carbons (Fsp3) is 0.500. The molecule has 1 aliphatic heterocycles. The molecule has 0 aromatic heterocycles. The normalized spacial score (nSPS) is 23.6. The summed E-state index contributed by atoms with van der Waals surface area (Å²) in [4.78, 5) is 53.6. The van der Waals surface area contributed by atoms with Crippen molar-refractivity contribution in [3.63, 3.8) is 0 Å². The highest BCUT2D eigenvalue weighted by atomic mass is 35.5. The zero-order valence-electron chi connectivity index (χ0n) is 28.2. The van der Waals surface area contributed by atoms with Crippen LogP contribution in [0.2, 0.25) is 5.02 Å². The first-order valence-electron chi connectivity index (χ1n) is 16.0. The summed E-state index contributed by atoms with van der Waals surface area (Å²) in [5.41, 5.74) is 0.104. The van der Waals surface area contributed by atoms with Crippen LogP contribution in [0.5, 0.6) is 5.75 Å². The Bertz CT molecular complexity index is 1450. The second-order valence-electron chi connectivity index (χ2n) is 13.1. The van der Waals surface area contributed by atoms with Crippen LogP contribution in [-0.2, 0) is 35.1 Å². The molecule has 0 saturated carbocycles. The van der Waals surface area contributed by atoms with Crippen molar-refractivity contribution in [2.45, 2.75) is 83.6 Å². The molecular weight excluding hydrogens is 659 g/mol. The largest absolute Gasteiger partial charge is 0.495 e. The van der Waals surface area contributed by atoms with Gasteiger partial charge in [0.05, 0.1) is 29.0 Å². The third-order valence-corrected chi connectivity index (χ3v) is 9.00. The van der Waals surface area contributed by atoms with E-state index in [4.69, 9.17) is 37.4 Å². The Labute approximate surface area is 292 Å². The molecule has 3 rings (SSSR count). The van der Waals surface area contributed by atoms with Crippen LogP contribution in [0.15, 0.2) is 60.7 Å². The molecule has 1 aliphatic rings. The summed E-state index contributed by atoms with van der Waals surface area (Å²) >= 11 is 13.0. The quantitative estimate of drug-likeness (QED) is 0.235. The molecule has 1 unspecified atom stereocenters. The SMILES string of the molecule is COc1ccc(C[C@H]2NC(=O)/C=C/C[C@@H]([C@H](C)C(O)[C@@H](Cl)c3ccccc3)OC(=O)[C@H](CC(C)C)OC(=O)C(C)(C)CNC2=O)cc1Cl. The fourth-order valence-corrected chi connectivity index (χ4v) is 5.79. The molecule has 48 heavy (non-hydrogen) atoms. The zero-order chi connectivity index (χ0) is 35.6. The van der Waals surface area contributed by atoms with E-state index in [9.17, 15) is 24.3 Å². The molecule has 1 heterocycles. The Kier molecular flexibility index (Phi) is 14.3. The van der Waals surface area contributed by atoms with Gasteiger partial charge < -0.3 is 30.0 Å². The van der Waals surface area contributed by atoms with E-state index >= 15 is 0 Å². The first-order valence-corrected chi connectivity index (χ1v) is 16.8. The number of carbonyl (C=O) groups is 4. The van der Waals surface area contributed by atoms with Gasteiger partial charge in [-0.05, 0) is 55.5 Å². The van der Waals surface area contributed by atoms with Gasteiger partial charge in [-0.2, -0.15) is 0 Å². The number of aliphatic hydroxyl groups is 1. The Morgan fingerprint density at radius 3 is 2.35 bits per heavy atom. The summed E-state index contributed by atoms with van der Waals surface area (Å²) in [6, 6.07) is 13.0. The number of benzene rings is 2. The first kappa shape index (κ1) is 38.8. The van der Waals surface area contributed by atoms with Crippen LogP contribution in [-0.4, -0.2) is 66.9 Å². The summed E-state index contributed by atoms with van der Waals surface area (Å²) in [5.74, 6) is -2.87. The molecular formula is C36H46Cl2N2O8. The number of hydrogen-bond donors (Lipinski definition) is 3. The van der Waals surface area contributed by atoms with Gasteiger partial charge in [0.25, 0.3) is 0 Å². The molecule has 6 atom stereocenters. The Morgan fingerprint density at radius 2 is 1.73 bits per heavy atom.